The summed E-state index contributed by atoms with van der Waals surface area (Å²) in [6.07, 6.45) is 12.1. The van der Waals surface area contributed by atoms with Crippen LogP contribution in [-0.4, -0.2) is 31.7 Å². The number of nitrogens with zero attached hydrogens (tertiary/aromatic N) is 4. The molecule has 0 saturated heterocycles. The number of carbonyl (C=O) groups is 1. The number of carbonyl (C=O) groups excluding carboxylic acids is 1. The number of fused-ring (bicyclic) bond motifs is 1. The zero-order chi connectivity index (χ0) is 23.5. The maximum absolute atomic E-state index is 12.9. The van der Waals surface area contributed by atoms with Crippen LogP contribution in [0.4, 0.5) is 0 Å². The van der Waals surface area contributed by atoms with Crippen LogP contribution in [0, 0.1) is 0 Å². The highest BCUT2D eigenvalue weighted by Crippen LogP contribution is 2.38. The molecule has 0 aliphatic heterocycles. The highest BCUT2D eigenvalue weighted by molar-refractivity contribution is 8.07. The summed E-state index contributed by atoms with van der Waals surface area (Å²) in [4.78, 5) is 27.5. The van der Waals surface area contributed by atoms with Gasteiger partial charge in [0.15, 0.2) is 0 Å². The average Bonchev–Trinajstić information content (AvgIpc) is 3.67. The number of hydrogen-bond donors (Lipinski definition) is 1. The number of para-hydroxylation sites is 1. The normalized spacial score (nSPS) is 13.9. The summed E-state index contributed by atoms with van der Waals surface area (Å²) in [6, 6.07) is 14.2. The van der Waals surface area contributed by atoms with Crippen LogP contribution in [0.3, 0.4) is 0 Å². The van der Waals surface area contributed by atoms with Crippen LogP contribution in [0.15, 0.2) is 67.1 Å². The molecule has 1 saturated carbocycles. The average molecular weight is 470 g/mol. The molecule has 1 fully saturated rings. The highest BCUT2D eigenvalue weighted by Gasteiger charge is 2.26. The van der Waals surface area contributed by atoms with Crippen molar-refractivity contribution < 1.29 is 4.79 Å². The van der Waals surface area contributed by atoms with Crippen molar-refractivity contribution in [3.63, 3.8) is 0 Å². The molecule has 0 atom stereocenters. The van der Waals surface area contributed by atoms with E-state index in [2.05, 4.69) is 55.4 Å². The molecule has 6 nitrogen and oxygen atoms in total. The number of rotatable bonds is 8. The SMILES string of the molecule is C/C=C(\SC)c1cc2ccccc2n1CC(=O)NCc1ccc(-c2cnc(C3CC3)nc2)cn1. The number of amides is 1. The molecule has 0 unspecified atom stereocenters. The van der Waals surface area contributed by atoms with Gasteiger partial charge in [-0.05, 0) is 44.2 Å². The van der Waals surface area contributed by atoms with Gasteiger partial charge in [0.2, 0.25) is 5.91 Å². The van der Waals surface area contributed by atoms with Crippen molar-refractivity contribution in [1.82, 2.24) is 24.8 Å². The van der Waals surface area contributed by atoms with Crippen LogP contribution in [0.5, 0.6) is 0 Å². The van der Waals surface area contributed by atoms with Crippen LogP contribution in [0.25, 0.3) is 26.9 Å². The van der Waals surface area contributed by atoms with Gasteiger partial charge < -0.3 is 9.88 Å². The quantitative estimate of drug-likeness (QED) is 0.373. The third-order valence-electron chi connectivity index (χ3n) is 6.09. The zero-order valence-electron chi connectivity index (χ0n) is 19.4. The van der Waals surface area contributed by atoms with E-state index in [4.69, 9.17) is 0 Å². The minimum Gasteiger partial charge on any atom is -0.349 e. The molecule has 4 aromatic rings. The van der Waals surface area contributed by atoms with Gasteiger partial charge in [-0.2, -0.15) is 0 Å². The van der Waals surface area contributed by atoms with Gasteiger partial charge in [-0.1, -0.05) is 30.3 Å². The van der Waals surface area contributed by atoms with Crippen molar-refractivity contribution in [1.29, 1.82) is 0 Å². The summed E-state index contributed by atoms with van der Waals surface area (Å²) >= 11 is 1.68. The highest BCUT2D eigenvalue weighted by atomic mass is 32.2. The van der Waals surface area contributed by atoms with Gasteiger partial charge in [0, 0.05) is 51.4 Å². The molecule has 0 bridgehead atoms. The van der Waals surface area contributed by atoms with Crippen LogP contribution in [-0.2, 0) is 17.9 Å². The van der Waals surface area contributed by atoms with Crippen molar-refractivity contribution in [3.05, 3.63) is 84.3 Å². The third-order valence-corrected chi connectivity index (χ3v) is 6.97. The van der Waals surface area contributed by atoms with E-state index in [1.165, 1.54) is 12.8 Å². The van der Waals surface area contributed by atoms with E-state index < -0.39 is 0 Å². The molecule has 34 heavy (non-hydrogen) atoms. The Morgan fingerprint density at radius 2 is 1.85 bits per heavy atom. The summed E-state index contributed by atoms with van der Waals surface area (Å²) in [5.41, 5.74) is 4.84. The fourth-order valence-electron chi connectivity index (χ4n) is 4.08. The van der Waals surface area contributed by atoms with E-state index in [-0.39, 0.29) is 12.5 Å². The van der Waals surface area contributed by atoms with Crippen molar-refractivity contribution in [2.45, 2.75) is 38.8 Å². The van der Waals surface area contributed by atoms with Gasteiger partial charge in [0.1, 0.15) is 12.4 Å². The minimum atomic E-state index is -0.0471. The molecule has 1 aliphatic carbocycles. The first-order valence-corrected chi connectivity index (χ1v) is 12.7. The standard InChI is InChI=1S/C27H27N5OS/c1-3-25(34-2)24-12-19-6-4-5-7-23(19)32(24)17-26(33)29-16-22-11-10-20(13-28-22)21-14-30-27(31-15-21)18-8-9-18/h3-7,10-15,18H,8-9,16-17H2,1-2H3,(H,29,33)/b25-3-. The fourth-order valence-corrected chi connectivity index (χ4v) is 4.70. The molecule has 0 radical (unpaired) electrons. The summed E-state index contributed by atoms with van der Waals surface area (Å²) < 4.78 is 2.08. The predicted molar refractivity (Wildman–Crippen MR) is 138 cm³/mol. The Hall–Kier alpha value is -3.45. The van der Waals surface area contributed by atoms with E-state index in [1.807, 2.05) is 49.8 Å². The largest absolute Gasteiger partial charge is 0.349 e. The molecule has 1 N–H and O–H groups in total. The zero-order valence-corrected chi connectivity index (χ0v) is 20.2. The van der Waals surface area contributed by atoms with Crippen molar-refractivity contribution in [3.8, 4) is 11.1 Å². The van der Waals surface area contributed by atoms with Crippen LogP contribution >= 0.6 is 11.8 Å². The molecule has 1 aromatic carbocycles. The van der Waals surface area contributed by atoms with Crippen molar-refractivity contribution >= 4 is 33.5 Å². The van der Waals surface area contributed by atoms with Gasteiger partial charge in [-0.15, -0.1) is 11.8 Å². The number of nitrogens with one attached hydrogen (secondary N) is 1. The molecule has 3 heterocycles. The van der Waals surface area contributed by atoms with Gasteiger partial charge >= 0.3 is 0 Å². The lowest BCUT2D eigenvalue weighted by Crippen LogP contribution is -2.27. The van der Waals surface area contributed by atoms with E-state index >= 15 is 0 Å². The van der Waals surface area contributed by atoms with Gasteiger partial charge in [-0.25, -0.2) is 9.97 Å². The summed E-state index contributed by atoms with van der Waals surface area (Å²) in [6.45, 7) is 2.66. The smallest absolute Gasteiger partial charge is 0.240 e. The van der Waals surface area contributed by atoms with Gasteiger partial charge in [0.25, 0.3) is 0 Å². The van der Waals surface area contributed by atoms with Crippen molar-refractivity contribution in [2.75, 3.05) is 6.26 Å². The number of aromatic nitrogens is 4. The molecule has 0 spiro atoms. The molecule has 1 amide bonds. The Morgan fingerprint density at radius 3 is 2.53 bits per heavy atom. The first-order chi connectivity index (χ1) is 16.7. The van der Waals surface area contributed by atoms with E-state index in [9.17, 15) is 4.79 Å². The van der Waals surface area contributed by atoms with Crippen LogP contribution < -0.4 is 5.32 Å². The second kappa shape index (κ2) is 9.81. The van der Waals surface area contributed by atoms with Gasteiger partial charge in [-0.3, -0.25) is 9.78 Å². The lowest BCUT2D eigenvalue weighted by Gasteiger charge is -2.12. The van der Waals surface area contributed by atoms with E-state index in [0.29, 0.717) is 12.5 Å². The number of hydrogen-bond acceptors (Lipinski definition) is 5. The Labute approximate surface area is 203 Å². The molecule has 1 aliphatic rings. The third kappa shape index (κ3) is 4.75. The lowest BCUT2D eigenvalue weighted by molar-refractivity contribution is -0.121. The van der Waals surface area contributed by atoms with Crippen LogP contribution in [0.2, 0.25) is 0 Å². The molecule has 5 rings (SSSR count). The van der Waals surface area contributed by atoms with E-state index in [0.717, 1.165) is 44.1 Å². The summed E-state index contributed by atoms with van der Waals surface area (Å²) in [7, 11) is 0. The maximum Gasteiger partial charge on any atom is 0.240 e. The summed E-state index contributed by atoms with van der Waals surface area (Å²) in [5, 5.41) is 4.15. The topological polar surface area (TPSA) is 72.7 Å². The second-order valence-corrected chi connectivity index (χ2v) is 9.30. The molecule has 172 valence electrons. The number of benzene rings is 1. The van der Waals surface area contributed by atoms with E-state index in [1.54, 1.807) is 11.8 Å². The first kappa shape index (κ1) is 22.3. The maximum atomic E-state index is 12.9. The second-order valence-electron chi connectivity index (χ2n) is 8.45. The Morgan fingerprint density at radius 1 is 1.09 bits per heavy atom. The fraction of sp³-hybridized carbons (Fsp3) is 0.259. The van der Waals surface area contributed by atoms with Crippen LogP contribution in [0.1, 0.15) is 42.9 Å². The molecular formula is C27H27N5OS. The predicted octanol–water partition coefficient (Wildman–Crippen LogP) is 5.41. The number of allylic oxidation sites excluding steroid dienone is 1. The monoisotopic (exact) mass is 469 g/mol. The Kier molecular flexibility index (Phi) is 6.45. The Balaban J connectivity index is 1.25. The first-order valence-electron chi connectivity index (χ1n) is 11.5. The van der Waals surface area contributed by atoms with Crippen molar-refractivity contribution in [2.24, 2.45) is 0 Å². The molecule has 3 aromatic heterocycles. The molecular weight excluding hydrogens is 442 g/mol. The number of thioether (sulfide) groups is 1. The molecule has 7 heteroatoms. The Bertz CT molecular complexity index is 1340. The number of pyridine rings is 1. The lowest BCUT2D eigenvalue weighted by atomic mass is 10.1. The minimum absolute atomic E-state index is 0.0471. The van der Waals surface area contributed by atoms with Gasteiger partial charge in [0.05, 0.1) is 17.9 Å². The summed E-state index contributed by atoms with van der Waals surface area (Å²) in [5.74, 6) is 1.44.